The Bertz CT molecular complexity index is 689. The highest BCUT2D eigenvalue weighted by Crippen LogP contribution is 2.17. The number of benzene rings is 1. The zero-order chi connectivity index (χ0) is 20.2. The zero-order valence-corrected chi connectivity index (χ0v) is 17.0. The summed E-state index contributed by atoms with van der Waals surface area (Å²) in [6, 6.07) is 11.2. The van der Waals surface area contributed by atoms with Gasteiger partial charge in [-0.05, 0) is 25.1 Å². The Labute approximate surface area is 167 Å². The first kappa shape index (κ1) is 21.6. The lowest BCUT2D eigenvalue weighted by Crippen LogP contribution is -2.44. The molecular weight excluding hydrogens is 356 g/mol. The summed E-state index contributed by atoms with van der Waals surface area (Å²) in [5.41, 5.74) is 0. The maximum absolute atomic E-state index is 9.85. The maximum Gasteiger partial charge on any atom is 0.218 e. The van der Waals surface area contributed by atoms with Gasteiger partial charge in [0.15, 0.2) is 6.29 Å². The van der Waals surface area contributed by atoms with Crippen molar-refractivity contribution >= 4 is 12.1 Å². The molecule has 1 aliphatic heterocycles. The standard InChI is InChI=1S/C13H22N4O.C8H8O2/c1-11(2)9-18-13-8-12(14-10-15-13)17-6-4-16(3)5-7-17;9-6-7-10-8-4-2-1-3-5-8/h8,10-11H,4-7,9H2,1-3H3;1-6H,7H2. The summed E-state index contributed by atoms with van der Waals surface area (Å²) < 4.78 is 10.6. The van der Waals surface area contributed by atoms with Gasteiger partial charge in [0.1, 0.15) is 24.5 Å². The van der Waals surface area contributed by atoms with Gasteiger partial charge in [-0.3, -0.25) is 4.79 Å². The Morgan fingerprint density at radius 1 is 1.07 bits per heavy atom. The molecule has 1 fully saturated rings. The van der Waals surface area contributed by atoms with Crippen molar-refractivity contribution in [2.75, 3.05) is 51.3 Å². The summed E-state index contributed by atoms with van der Waals surface area (Å²) in [4.78, 5) is 22.9. The number of carbonyl (C=O) groups is 1. The molecule has 0 saturated carbocycles. The van der Waals surface area contributed by atoms with Crippen LogP contribution in [0.4, 0.5) is 5.82 Å². The minimum atomic E-state index is 0.129. The molecule has 3 rings (SSSR count). The Morgan fingerprint density at radius 3 is 2.43 bits per heavy atom. The number of hydrogen-bond donors (Lipinski definition) is 0. The van der Waals surface area contributed by atoms with Gasteiger partial charge in [0.25, 0.3) is 0 Å². The minimum Gasteiger partial charge on any atom is -0.486 e. The van der Waals surface area contributed by atoms with Crippen molar-refractivity contribution in [1.82, 2.24) is 14.9 Å². The van der Waals surface area contributed by atoms with E-state index in [2.05, 4.69) is 40.7 Å². The summed E-state index contributed by atoms with van der Waals surface area (Å²) in [5, 5.41) is 0. The quantitative estimate of drug-likeness (QED) is 0.677. The molecule has 0 amide bonds. The van der Waals surface area contributed by atoms with E-state index in [1.54, 1.807) is 6.33 Å². The molecule has 0 N–H and O–H groups in total. The Balaban J connectivity index is 0.000000237. The average molecular weight is 386 g/mol. The van der Waals surface area contributed by atoms with E-state index in [0.29, 0.717) is 18.4 Å². The van der Waals surface area contributed by atoms with Crippen LogP contribution in [0.15, 0.2) is 42.7 Å². The molecule has 152 valence electrons. The highest BCUT2D eigenvalue weighted by atomic mass is 16.5. The van der Waals surface area contributed by atoms with Crippen molar-refractivity contribution in [3.63, 3.8) is 0 Å². The SMILES string of the molecule is CC(C)COc1cc(N2CCN(C)CC2)ncn1.O=CCOc1ccccc1. The summed E-state index contributed by atoms with van der Waals surface area (Å²) in [5.74, 6) is 2.88. The molecule has 0 aliphatic carbocycles. The van der Waals surface area contributed by atoms with E-state index in [0.717, 1.165) is 44.0 Å². The summed E-state index contributed by atoms with van der Waals surface area (Å²) in [7, 11) is 2.15. The average Bonchev–Trinajstić information content (AvgIpc) is 2.73. The number of para-hydroxylation sites is 1. The number of nitrogens with zero attached hydrogens (tertiary/aromatic N) is 4. The van der Waals surface area contributed by atoms with Crippen molar-refractivity contribution in [3.05, 3.63) is 42.7 Å². The van der Waals surface area contributed by atoms with E-state index in [-0.39, 0.29) is 6.61 Å². The number of rotatable bonds is 7. The molecule has 2 aromatic rings. The molecule has 0 bridgehead atoms. The Hall–Kier alpha value is -2.67. The topological polar surface area (TPSA) is 67.8 Å². The number of ether oxygens (including phenoxy) is 2. The van der Waals surface area contributed by atoms with Crippen LogP contribution in [0.2, 0.25) is 0 Å². The van der Waals surface area contributed by atoms with E-state index < -0.39 is 0 Å². The van der Waals surface area contributed by atoms with Crippen molar-refractivity contribution < 1.29 is 14.3 Å². The van der Waals surface area contributed by atoms with Gasteiger partial charge >= 0.3 is 0 Å². The van der Waals surface area contributed by atoms with Crippen LogP contribution in [-0.2, 0) is 4.79 Å². The predicted molar refractivity (Wildman–Crippen MR) is 110 cm³/mol. The molecule has 28 heavy (non-hydrogen) atoms. The van der Waals surface area contributed by atoms with E-state index in [1.807, 2.05) is 36.4 Å². The van der Waals surface area contributed by atoms with E-state index in [9.17, 15) is 4.79 Å². The van der Waals surface area contributed by atoms with E-state index in [4.69, 9.17) is 9.47 Å². The summed E-state index contributed by atoms with van der Waals surface area (Å²) in [6.07, 6.45) is 2.32. The smallest absolute Gasteiger partial charge is 0.218 e. The monoisotopic (exact) mass is 386 g/mol. The first-order valence-corrected chi connectivity index (χ1v) is 9.58. The van der Waals surface area contributed by atoms with Gasteiger partial charge in [-0.2, -0.15) is 0 Å². The fourth-order valence-corrected chi connectivity index (χ4v) is 2.52. The molecule has 1 saturated heterocycles. The number of anilines is 1. The molecule has 2 heterocycles. The molecule has 1 aliphatic rings. The van der Waals surface area contributed by atoms with Crippen LogP contribution in [-0.4, -0.2) is 67.6 Å². The van der Waals surface area contributed by atoms with Crippen LogP contribution >= 0.6 is 0 Å². The molecular formula is C21H30N4O3. The zero-order valence-electron chi connectivity index (χ0n) is 17.0. The minimum absolute atomic E-state index is 0.129. The van der Waals surface area contributed by atoms with Gasteiger partial charge in [-0.25, -0.2) is 9.97 Å². The summed E-state index contributed by atoms with van der Waals surface area (Å²) >= 11 is 0. The maximum atomic E-state index is 9.85. The lowest BCUT2D eigenvalue weighted by atomic mass is 10.2. The first-order chi connectivity index (χ1) is 13.6. The fraction of sp³-hybridized carbons (Fsp3) is 0.476. The molecule has 0 atom stereocenters. The highest BCUT2D eigenvalue weighted by molar-refractivity contribution is 5.51. The normalized spacial score (nSPS) is 14.2. The fourth-order valence-electron chi connectivity index (χ4n) is 2.52. The van der Waals surface area contributed by atoms with Crippen LogP contribution < -0.4 is 14.4 Å². The molecule has 0 unspecified atom stereocenters. The molecule has 1 aromatic carbocycles. The van der Waals surface area contributed by atoms with E-state index >= 15 is 0 Å². The Morgan fingerprint density at radius 2 is 1.79 bits per heavy atom. The third-order valence-electron chi connectivity index (χ3n) is 4.08. The Kier molecular flexibility index (Phi) is 9.21. The van der Waals surface area contributed by atoms with Crippen molar-refractivity contribution in [3.8, 4) is 11.6 Å². The van der Waals surface area contributed by atoms with Gasteiger partial charge < -0.3 is 19.3 Å². The largest absolute Gasteiger partial charge is 0.486 e. The van der Waals surface area contributed by atoms with Gasteiger partial charge in [-0.1, -0.05) is 32.0 Å². The number of aldehydes is 1. The third kappa shape index (κ3) is 7.92. The van der Waals surface area contributed by atoms with Crippen LogP contribution in [0.1, 0.15) is 13.8 Å². The third-order valence-corrected chi connectivity index (χ3v) is 4.08. The molecule has 7 nitrogen and oxygen atoms in total. The predicted octanol–water partition coefficient (Wildman–Crippen LogP) is 2.53. The van der Waals surface area contributed by atoms with E-state index in [1.165, 1.54) is 0 Å². The van der Waals surface area contributed by atoms with Crippen LogP contribution in [0.25, 0.3) is 0 Å². The van der Waals surface area contributed by atoms with Crippen LogP contribution in [0.5, 0.6) is 11.6 Å². The van der Waals surface area contributed by atoms with Crippen LogP contribution in [0, 0.1) is 5.92 Å². The second-order valence-electron chi connectivity index (χ2n) is 7.00. The van der Waals surface area contributed by atoms with Crippen molar-refractivity contribution in [1.29, 1.82) is 0 Å². The number of carbonyl (C=O) groups excluding carboxylic acids is 1. The number of likely N-dealkylation sites (N-methyl/N-ethyl adjacent to an activating group) is 1. The number of piperazine rings is 1. The molecule has 1 aromatic heterocycles. The van der Waals surface area contributed by atoms with Gasteiger partial charge in [0.2, 0.25) is 5.88 Å². The molecule has 0 radical (unpaired) electrons. The highest BCUT2D eigenvalue weighted by Gasteiger charge is 2.15. The van der Waals surface area contributed by atoms with Crippen molar-refractivity contribution in [2.45, 2.75) is 13.8 Å². The first-order valence-electron chi connectivity index (χ1n) is 9.58. The van der Waals surface area contributed by atoms with Crippen molar-refractivity contribution in [2.24, 2.45) is 5.92 Å². The van der Waals surface area contributed by atoms with Gasteiger partial charge in [-0.15, -0.1) is 0 Å². The summed E-state index contributed by atoms with van der Waals surface area (Å²) in [6.45, 7) is 9.25. The molecule has 0 spiro atoms. The lowest BCUT2D eigenvalue weighted by molar-refractivity contribution is -0.109. The second kappa shape index (κ2) is 11.9. The molecule has 7 heteroatoms. The number of hydrogen-bond acceptors (Lipinski definition) is 7. The van der Waals surface area contributed by atoms with Crippen LogP contribution in [0.3, 0.4) is 0 Å². The number of aromatic nitrogens is 2. The van der Waals surface area contributed by atoms with Gasteiger partial charge in [0.05, 0.1) is 6.61 Å². The lowest BCUT2D eigenvalue weighted by Gasteiger charge is -2.33. The second-order valence-corrected chi connectivity index (χ2v) is 7.00. The van der Waals surface area contributed by atoms with Gasteiger partial charge in [0, 0.05) is 32.2 Å².